The van der Waals surface area contributed by atoms with Gasteiger partial charge in [0.15, 0.2) is 23.2 Å². The Labute approximate surface area is 237 Å². The summed E-state index contributed by atoms with van der Waals surface area (Å²) in [6.07, 6.45) is -2.77. The molecule has 218 valence electrons. The smallest absolute Gasteiger partial charge is 0.210 e. The van der Waals surface area contributed by atoms with Crippen LogP contribution in [0.1, 0.15) is 27.6 Å². The Kier molecular flexibility index (Phi) is 8.22. The van der Waals surface area contributed by atoms with Gasteiger partial charge in [-0.05, 0) is 11.6 Å². The molecule has 0 amide bonds. The van der Waals surface area contributed by atoms with Crippen LogP contribution >= 0.6 is 0 Å². The highest BCUT2D eigenvalue weighted by Gasteiger charge is 2.57. The van der Waals surface area contributed by atoms with Crippen LogP contribution < -0.4 is 33.7 Å². The Morgan fingerprint density at radius 3 is 2.39 bits per heavy atom. The van der Waals surface area contributed by atoms with Crippen molar-refractivity contribution in [3.05, 3.63) is 71.3 Å². The fourth-order valence-corrected chi connectivity index (χ4v) is 5.01. The van der Waals surface area contributed by atoms with Crippen molar-refractivity contribution in [2.75, 3.05) is 47.6 Å². The van der Waals surface area contributed by atoms with Crippen molar-refractivity contribution < 1.29 is 48.5 Å². The highest BCUT2D eigenvalue weighted by Crippen LogP contribution is 2.51. The summed E-state index contributed by atoms with van der Waals surface area (Å²) in [5, 5.41) is 35.8. The lowest BCUT2D eigenvalue weighted by atomic mass is 9.77. The van der Waals surface area contributed by atoms with Crippen molar-refractivity contribution in [3.63, 3.8) is 0 Å². The minimum absolute atomic E-state index is 0.00634. The number of hydrogen-bond acceptors (Lipinski definition) is 11. The van der Waals surface area contributed by atoms with E-state index in [1.165, 1.54) is 39.5 Å². The summed E-state index contributed by atoms with van der Waals surface area (Å²) in [5.41, 5.74) is -1.17. The van der Waals surface area contributed by atoms with E-state index in [0.29, 0.717) is 17.2 Å². The molecule has 0 saturated carbocycles. The Hall–Kier alpha value is -4.03. The minimum atomic E-state index is -2.11. The van der Waals surface area contributed by atoms with E-state index >= 15 is 0 Å². The van der Waals surface area contributed by atoms with Gasteiger partial charge in [-0.1, -0.05) is 30.3 Å². The summed E-state index contributed by atoms with van der Waals surface area (Å²) in [4.78, 5) is 14.1. The molecule has 3 aromatic rings. The first-order chi connectivity index (χ1) is 19.8. The summed E-state index contributed by atoms with van der Waals surface area (Å²) < 4.78 is 33.9. The molecule has 0 bridgehead atoms. The van der Waals surface area contributed by atoms with Crippen LogP contribution in [0.5, 0.6) is 34.5 Å². The lowest BCUT2D eigenvalue weighted by Crippen LogP contribution is -2.57. The average molecular weight is 568 g/mol. The summed E-state index contributed by atoms with van der Waals surface area (Å²) in [6.45, 7) is 0.0651. The van der Waals surface area contributed by atoms with Gasteiger partial charge in [-0.25, -0.2) is 0 Å². The van der Waals surface area contributed by atoms with Crippen molar-refractivity contribution in [1.82, 2.24) is 5.32 Å². The van der Waals surface area contributed by atoms with E-state index in [1.807, 2.05) is 30.3 Å². The number of nitrogens with one attached hydrogen (secondary N) is 1. The molecule has 2 heterocycles. The minimum Gasteiger partial charge on any atom is -0.496 e. The molecule has 0 spiro atoms. The van der Waals surface area contributed by atoms with Gasteiger partial charge in [-0.15, -0.1) is 0 Å². The van der Waals surface area contributed by atoms with Crippen LogP contribution in [0.3, 0.4) is 0 Å². The van der Waals surface area contributed by atoms with E-state index in [0.717, 1.165) is 5.56 Å². The maximum Gasteiger partial charge on any atom is 0.210 e. The van der Waals surface area contributed by atoms with Crippen LogP contribution in [-0.2, 0) is 5.60 Å². The first kappa shape index (κ1) is 28.5. The van der Waals surface area contributed by atoms with E-state index < -0.39 is 29.7 Å². The van der Waals surface area contributed by atoms with Gasteiger partial charge in [0.25, 0.3) is 0 Å². The highest BCUT2D eigenvalue weighted by atomic mass is 16.6. The Morgan fingerprint density at radius 2 is 1.68 bits per heavy atom. The molecule has 41 heavy (non-hydrogen) atoms. The van der Waals surface area contributed by atoms with Crippen molar-refractivity contribution >= 4 is 5.78 Å². The molecule has 2 aliphatic rings. The zero-order valence-electron chi connectivity index (χ0n) is 23.0. The number of aliphatic hydroxyl groups excluding tert-OH is 2. The second-order valence-electron chi connectivity index (χ2n) is 9.76. The molecule has 2 unspecified atom stereocenters. The number of hydrogen-bond donors (Lipinski definition) is 4. The quantitative estimate of drug-likeness (QED) is 0.270. The van der Waals surface area contributed by atoms with Crippen LogP contribution in [0.4, 0.5) is 0 Å². The van der Waals surface area contributed by atoms with Gasteiger partial charge in [0.1, 0.15) is 47.9 Å². The van der Waals surface area contributed by atoms with Crippen molar-refractivity contribution in [2.24, 2.45) is 0 Å². The number of ketones is 1. The third-order valence-corrected chi connectivity index (χ3v) is 7.20. The standard InChI is InChI=1S/C30H33NO10/c1-36-19-9-25(39-15-18(32)13-31-14-21(33)17-7-5-4-6-8-17)28-26(10-19)41-27-16-40-22-12-24(38-3)23(37-2)11-20(22)30(27,35)29(28)34/h4-12,18,21,27,31-33,35H,13-16H2,1-3H3/t18?,21?,27-,30-/m1/s1. The zero-order chi connectivity index (χ0) is 29.1. The third-order valence-electron chi connectivity index (χ3n) is 7.20. The van der Waals surface area contributed by atoms with E-state index in [4.69, 9.17) is 28.4 Å². The van der Waals surface area contributed by atoms with Crippen LogP contribution in [0.25, 0.3) is 0 Å². The number of benzene rings is 3. The molecular weight excluding hydrogens is 534 g/mol. The van der Waals surface area contributed by atoms with Gasteiger partial charge in [-0.2, -0.15) is 0 Å². The lowest BCUT2D eigenvalue weighted by molar-refractivity contribution is -0.0804. The summed E-state index contributed by atoms with van der Waals surface area (Å²) in [6, 6.07) is 15.3. The molecule has 0 aliphatic carbocycles. The molecule has 5 rings (SSSR count). The maximum absolute atomic E-state index is 14.1. The summed E-state index contributed by atoms with van der Waals surface area (Å²) >= 11 is 0. The second kappa shape index (κ2) is 11.8. The number of methoxy groups -OCH3 is 3. The molecule has 0 fully saturated rings. The SMILES string of the molecule is COc1cc(OCC(O)CNCC(O)c2ccccc2)c2c(c1)O[C@@H]1COc3cc(OC)c(OC)cc3[C@]1(O)C2=O. The number of fused-ring (bicyclic) bond motifs is 4. The van der Waals surface area contributed by atoms with Gasteiger partial charge >= 0.3 is 0 Å². The van der Waals surface area contributed by atoms with Crippen molar-refractivity contribution in [2.45, 2.75) is 23.9 Å². The van der Waals surface area contributed by atoms with Gasteiger partial charge in [0, 0.05) is 36.9 Å². The van der Waals surface area contributed by atoms with Crippen molar-refractivity contribution in [1.29, 1.82) is 0 Å². The molecule has 0 saturated heterocycles. The van der Waals surface area contributed by atoms with E-state index in [1.54, 1.807) is 6.07 Å². The molecule has 4 N–H and O–H groups in total. The second-order valence-corrected chi connectivity index (χ2v) is 9.76. The monoisotopic (exact) mass is 567 g/mol. The number of carbonyl (C=O) groups is 1. The Morgan fingerprint density at radius 1 is 0.951 bits per heavy atom. The number of rotatable bonds is 11. The fraction of sp³-hybridized carbons (Fsp3) is 0.367. The molecule has 4 atom stereocenters. The van der Waals surface area contributed by atoms with E-state index in [9.17, 15) is 20.1 Å². The number of ether oxygens (including phenoxy) is 6. The van der Waals surface area contributed by atoms with Crippen LogP contribution in [0, 0.1) is 0 Å². The van der Waals surface area contributed by atoms with E-state index in [-0.39, 0.29) is 54.7 Å². The van der Waals surface area contributed by atoms with Gasteiger partial charge in [-0.3, -0.25) is 4.79 Å². The maximum atomic E-state index is 14.1. The van der Waals surface area contributed by atoms with Gasteiger partial charge in [0.2, 0.25) is 5.78 Å². The first-order valence-electron chi connectivity index (χ1n) is 13.1. The average Bonchev–Trinajstić information content (AvgIpc) is 3.00. The number of carbonyl (C=O) groups excluding carboxylic acids is 1. The predicted molar refractivity (Wildman–Crippen MR) is 146 cm³/mol. The van der Waals surface area contributed by atoms with Crippen LogP contribution in [-0.4, -0.2) is 80.9 Å². The van der Waals surface area contributed by atoms with Crippen LogP contribution in [0.2, 0.25) is 0 Å². The zero-order valence-corrected chi connectivity index (χ0v) is 23.0. The van der Waals surface area contributed by atoms with Crippen LogP contribution in [0.15, 0.2) is 54.6 Å². The molecule has 0 aromatic heterocycles. The largest absolute Gasteiger partial charge is 0.496 e. The molecular formula is C30H33NO10. The van der Waals surface area contributed by atoms with Gasteiger partial charge < -0.3 is 49.1 Å². The van der Waals surface area contributed by atoms with Crippen molar-refractivity contribution in [3.8, 4) is 34.5 Å². The molecule has 0 radical (unpaired) electrons. The normalized spacial score (nSPS) is 20.3. The number of aliphatic hydroxyl groups is 3. The summed E-state index contributed by atoms with van der Waals surface area (Å²) in [5.74, 6) is 0.887. The molecule has 11 heteroatoms. The van der Waals surface area contributed by atoms with Gasteiger partial charge in [0.05, 0.1) is 27.4 Å². The third kappa shape index (κ3) is 5.36. The first-order valence-corrected chi connectivity index (χ1v) is 13.1. The van der Waals surface area contributed by atoms with E-state index in [2.05, 4.69) is 5.32 Å². The highest BCUT2D eigenvalue weighted by molar-refractivity contribution is 6.09. The number of Topliss-reactive ketones (excluding diaryl/α,β-unsaturated/α-hetero) is 1. The Balaban J connectivity index is 1.36. The predicted octanol–water partition coefficient (Wildman–Crippen LogP) is 2.00. The molecule has 3 aromatic carbocycles. The Bertz CT molecular complexity index is 1400. The molecule has 2 aliphatic heterocycles. The lowest BCUT2D eigenvalue weighted by Gasteiger charge is -2.43. The fourth-order valence-electron chi connectivity index (χ4n) is 5.01. The summed E-state index contributed by atoms with van der Waals surface area (Å²) in [7, 11) is 4.38. The molecule has 11 nitrogen and oxygen atoms in total. The topological polar surface area (TPSA) is 145 Å².